The molecular formula is C52H34N2. The Balaban J connectivity index is 1.04. The Morgan fingerprint density at radius 1 is 0.278 bits per heavy atom. The number of hydrogen-bond acceptors (Lipinski definition) is 2. The van der Waals surface area contributed by atoms with Crippen molar-refractivity contribution in [2.45, 2.75) is 0 Å². The molecule has 0 saturated carbocycles. The molecule has 54 heavy (non-hydrogen) atoms. The van der Waals surface area contributed by atoms with Gasteiger partial charge in [0.25, 0.3) is 0 Å². The van der Waals surface area contributed by atoms with E-state index in [1.165, 1.54) is 49.5 Å². The van der Waals surface area contributed by atoms with Crippen LogP contribution in [-0.4, -0.2) is 9.97 Å². The van der Waals surface area contributed by atoms with Gasteiger partial charge in [0.15, 0.2) is 5.82 Å². The Bertz CT molecular complexity index is 2960. The number of aromatic nitrogens is 2. The van der Waals surface area contributed by atoms with Gasteiger partial charge in [-0.1, -0.05) is 188 Å². The van der Waals surface area contributed by atoms with E-state index < -0.39 is 0 Å². The fourth-order valence-electron chi connectivity index (χ4n) is 7.73. The molecular weight excluding hydrogens is 653 g/mol. The van der Waals surface area contributed by atoms with Crippen LogP contribution in [0.15, 0.2) is 206 Å². The van der Waals surface area contributed by atoms with E-state index in [4.69, 9.17) is 9.97 Å². The van der Waals surface area contributed by atoms with Crippen molar-refractivity contribution in [2.75, 3.05) is 0 Å². The SMILES string of the molecule is c1ccc(-c2cccc(-c3ccc(-c4nc(-c5cccc(-c6ccc(-c7cccc8ccccc78)cc6)c5)nc5ccc6ccccc6c45)cc3)c2)cc1. The fourth-order valence-corrected chi connectivity index (χ4v) is 7.73. The van der Waals surface area contributed by atoms with Gasteiger partial charge in [-0.15, -0.1) is 0 Å². The maximum Gasteiger partial charge on any atom is 0.160 e. The van der Waals surface area contributed by atoms with Crippen molar-refractivity contribution in [3.8, 4) is 67.2 Å². The quantitative estimate of drug-likeness (QED) is 0.163. The normalized spacial score (nSPS) is 11.3. The average Bonchev–Trinajstić information content (AvgIpc) is 3.26. The van der Waals surface area contributed by atoms with Crippen molar-refractivity contribution in [1.82, 2.24) is 9.97 Å². The lowest BCUT2D eigenvalue weighted by Gasteiger charge is -2.13. The molecule has 252 valence electrons. The van der Waals surface area contributed by atoms with E-state index in [1.54, 1.807) is 0 Å². The highest BCUT2D eigenvalue weighted by atomic mass is 14.9. The van der Waals surface area contributed by atoms with Crippen LogP contribution in [0.4, 0.5) is 0 Å². The van der Waals surface area contributed by atoms with E-state index in [-0.39, 0.29) is 0 Å². The molecule has 2 heteroatoms. The molecule has 0 spiro atoms. The second-order valence-corrected chi connectivity index (χ2v) is 13.8. The first-order valence-corrected chi connectivity index (χ1v) is 18.4. The van der Waals surface area contributed by atoms with Crippen LogP contribution in [-0.2, 0) is 0 Å². The molecule has 0 aliphatic carbocycles. The summed E-state index contributed by atoms with van der Waals surface area (Å²) in [7, 11) is 0. The van der Waals surface area contributed by atoms with Crippen LogP contribution in [0.2, 0.25) is 0 Å². The highest BCUT2D eigenvalue weighted by Crippen LogP contribution is 2.37. The molecule has 2 nitrogen and oxygen atoms in total. The van der Waals surface area contributed by atoms with Gasteiger partial charge in [0.1, 0.15) is 0 Å². The van der Waals surface area contributed by atoms with Gasteiger partial charge in [-0.05, 0) is 84.3 Å². The predicted molar refractivity (Wildman–Crippen MR) is 227 cm³/mol. The maximum atomic E-state index is 5.35. The molecule has 0 aliphatic rings. The Morgan fingerprint density at radius 2 is 0.759 bits per heavy atom. The van der Waals surface area contributed by atoms with Gasteiger partial charge in [-0.25, -0.2) is 9.97 Å². The lowest BCUT2D eigenvalue weighted by Crippen LogP contribution is -1.96. The van der Waals surface area contributed by atoms with Crippen molar-refractivity contribution in [3.05, 3.63) is 206 Å². The van der Waals surface area contributed by atoms with Gasteiger partial charge < -0.3 is 0 Å². The Labute approximate surface area is 314 Å². The molecule has 0 bridgehead atoms. The van der Waals surface area contributed by atoms with Gasteiger partial charge in [-0.2, -0.15) is 0 Å². The zero-order chi connectivity index (χ0) is 35.8. The van der Waals surface area contributed by atoms with E-state index in [0.29, 0.717) is 5.82 Å². The van der Waals surface area contributed by atoms with Crippen molar-refractivity contribution in [3.63, 3.8) is 0 Å². The lowest BCUT2D eigenvalue weighted by molar-refractivity contribution is 1.23. The molecule has 0 aliphatic heterocycles. The minimum atomic E-state index is 0.710. The summed E-state index contributed by atoms with van der Waals surface area (Å²) in [6.45, 7) is 0. The van der Waals surface area contributed by atoms with Crippen molar-refractivity contribution in [1.29, 1.82) is 0 Å². The Hall–Kier alpha value is -7.16. The van der Waals surface area contributed by atoms with Gasteiger partial charge in [0.05, 0.1) is 11.2 Å². The number of nitrogens with zero attached hydrogens (tertiary/aromatic N) is 2. The monoisotopic (exact) mass is 686 g/mol. The topological polar surface area (TPSA) is 25.8 Å². The molecule has 0 fully saturated rings. The van der Waals surface area contributed by atoms with E-state index >= 15 is 0 Å². The molecule has 0 radical (unpaired) electrons. The zero-order valence-electron chi connectivity index (χ0n) is 29.5. The molecule has 10 aromatic rings. The zero-order valence-corrected chi connectivity index (χ0v) is 29.5. The summed E-state index contributed by atoms with van der Waals surface area (Å²) >= 11 is 0. The third kappa shape index (κ3) is 5.81. The summed E-state index contributed by atoms with van der Waals surface area (Å²) in [5.41, 5.74) is 13.4. The highest BCUT2D eigenvalue weighted by molar-refractivity contribution is 6.12. The van der Waals surface area contributed by atoms with Crippen LogP contribution in [0.1, 0.15) is 0 Å². The van der Waals surface area contributed by atoms with E-state index in [0.717, 1.165) is 44.2 Å². The van der Waals surface area contributed by atoms with Crippen LogP contribution in [0.25, 0.3) is 99.6 Å². The molecule has 0 amide bonds. The largest absolute Gasteiger partial charge is 0.228 e. The molecule has 10 rings (SSSR count). The van der Waals surface area contributed by atoms with Gasteiger partial charge >= 0.3 is 0 Å². The average molecular weight is 687 g/mol. The second-order valence-electron chi connectivity index (χ2n) is 13.8. The van der Waals surface area contributed by atoms with Crippen molar-refractivity contribution in [2.24, 2.45) is 0 Å². The van der Waals surface area contributed by atoms with E-state index in [1.807, 2.05) is 0 Å². The number of fused-ring (bicyclic) bond motifs is 4. The number of rotatable bonds is 6. The van der Waals surface area contributed by atoms with Crippen LogP contribution in [0, 0.1) is 0 Å². The smallest absolute Gasteiger partial charge is 0.160 e. The summed E-state index contributed by atoms with van der Waals surface area (Å²) in [5, 5.41) is 5.90. The first kappa shape index (κ1) is 31.6. The summed E-state index contributed by atoms with van der Waals surface area (Å²) < 4.78 is 0. The standard InChI is InChI=1S/C52H34N2/c1-2-11-35(12-3-1)42-16-8-17-43(33-42)37-25-29-41(30-26-37)51-50-48-21-7-5-14-39(48)31-32-49(50)53-52(54-51)45-19-9-18-44(34-45)36-23-27-40(28-24-36)47-22-10-15-38-13-4-6-20-46(38)47/h1-34H. The van der Waals surface area contributed by atoms with Gasteiger partial charge in [0.2, 0.25) is 0 Å². The Morgan fingerprint density at radius 3 is 1.46 bits per heavy atom. The summed E-state index contributed by atoms with van der Waals surface area (Å²) in [5.74, 6) is 0.710. The summed E-state index contributed by atoms with van der Waals surface area (Å²) in [6, 6.07) is 73.4. The van der Waals surface area contributed by atoms with E-state index in [2.05, 4.69) is 206 Å². The fraction of sp³-hybridized carbons (Fsp3) is 0. The van der Waals surface area contributed by atoms with Gasteiger partial charge in [-0.3, -0.25) is 0 Å². The molecule has 1 aromatic heterocycles. The first-order chi connectivity index (χ1) is 26.7. The van der Waals surface area contributed by atoms with E-state index in [9.17, 15) is 0 Å². The summed E-state index contributed by atoms with van der Waals surface area (Å²) in [4.78, 5) is 10.5. The summed E-state index contributed by atoms with van der Waals surface area (Å²) in [6.07, 6.45) is 0. The first-order valence-electron chi connectivity index (χ1n) is 18.4. The van der Waals surface area contributed by atoms with Crippen LogP contribution in [0.5, 0.6) is 0 Å². The van der Waals surface area contributed by atoms with Crippen molar-refractivity contribution >= 4 is 32.4 Å². The molecule has 0 N–H and O–H groups in total. The Kier molecular flexibility index (Phi) is 7.85. The van der Waals surface area contributed by atoms with Crippen molar-refractivity contribution < 1.29 is 0 Å². The minimum Gasteiger partial charge on any atom is -0.228 e. The maximum absolute atomic E-state index is 5.35. The molecule has 0 unspecified atom stereocenters. The third-order valence-electron chi connectivity index (χ3n) is 10.5. The number of benzene rings is 9. The van der Waals surface area contributed by atoms with Crippen LogP contribution in [0.3, 0.4) is 0 Å². The predicted octanol–water partition coefficient (Wildman–Crippen LogP) is 13.9. The molecule has 0 atom stereocenters. The number of hydrogen-bond donors (Lipinski definition) is 0. The third-order valence-corrected chi connectivity index (χ3v) is 10.5. The molecule has 9 aromatic carbocycles. The van der Waals surface area contributed by atoms with Gasteiger partial charge in [0, 0.05) is 16.5 Å². The second kappa shape index (κ2) is 13.4. The minimum absolute atomic E-state index is 0.710. The van der Waals surface area contributed by atoms with Crippen LogP contribution >= 0.6 is 0 Å². The van der Waals surface area contributed by atoms with Crippen LogP contribution < -0.4 is 0 Å². The lowest BCUT2D eigenvalue weighted by atomic mass is 9.95. The molecule has 1 heterocycles. The molecule has 0 saturated heterocycles. The highest BCUT2D eigenvalue weighted by Gasteiger charge is 2.16.